The quantitative estimate of drug-likeness (QED) is 0.472. The van der Waals surface area contributed by atoms with Gasteiger partial charge in [0.1, 0.15) is 36.8 Å². The first-order chi connectivity index (χ1) is 11.0. The lowest BCUT2D eigenvalue weighted by Crippen LogP contribution is -2.59. The summed E-state index contributed by atoms with van der Waals surface area (Å²) in [6.45, 7) is 1.20. The molecule has 1 aliphatic rings. The van der Waals surface area contributed by atoms with Crippen LogP contribution >= 0.6 is 0 Å². The van der Waals surface area contributed by atoms with Gasteiger partial charge in [-0.1, -0.05) is 0 Å². The zero-order valence-corrected chi connectivity index (χ0v) is 12.5. The van der Waals surface area contributed by atoms with E-state index < -0.39 is 43.3 Å². The molecule has 1 aliphatic heterocycles. The Balaban J connectivity index is 1.93. The van der Waals surface area contributed by atoms with Crippen LogP contribution in [0.25, 0.3) is 0 Å². The Hall–Kier alpha value is -1.49. The van der Waals surface area contributed by atoms with E-state index in [1.54, 1.807) is 6.92 Å². The van der Waals surface area contributed by atoms with Gasteiger partial charge >= 0.3 is 5.97 Å². The van der Waals surface area contributed by atoms with Crippen molar-refractivity contribution in [3.63, 3.8) is 0 Å². The molecule has 1 aromatic heterocycles. The second-order valence-electron chi connectivity index (χ2n) is 4.99. The fourth-order valence-corrected chi connectivity index (χ4v) is 2.14. The Morgan fingerprint density at radius 1 is 1.22 bits per heavy atom. The van der Waals surface area contributed by atoms with Crippen LogP contribution < -0.4 is 0 Å². The molecule has 0 unspecified atom stereocenters. The van der Waals surface area contributed by atoms with E-state index in [2.05, 4.69) is 0 Å². The summed E-state index contributed by atoms with van der Waals surface area (Å²) in [4.78, 5) is 11.5. The summed E-state index contributed by atoms with van der Waals surface area (Å²) >= 11 is 0. The number of rotatable bonds is 6. The largest absolute Gasteiger partial charge is 0.460 e. The van der Waals surface area contributed by atoms with Crippen molar-refractivity contribution in [1.29, 1.82) is 0 Å². The predicted octanol–water partition coefficient (Wildman–Crippen LogP) is -1.23. The maximum Gasteiger partial charge on any atom is 0.374 e. The average molecular weight is 332 g/mol. The monoisotopic (exact) mass is 332 g/mol. The zero-order chi connectivity index (χ0) is 17.0. The smallest absolute Gasteiger partial charge is 0.374 e. The molecule has 5 atom stereocenters. The van der Waals surface area contributed by atoms with Crippen LogP contribution in [-0.4, -0.2) is 70.3 Å². The highest BCUT2D eigenvalue weighted by Gasteiger charge is 2.44. The van der Waals surface area contributed by atoms with Gasteiger partial charge in [0, 0.05) is 0 Å². The van der Waals surface area contributed by atoms with Gasteiger partial charge in [-0.05, 0) is 19.1 Å². The Morgan fingerprint density at radius 2 is 1.96 bits per heavy atom. The molecule has 0 bridgehead atoms. The molecule has 23 heavy (non-hydrogen) atoms. The minimum Gasteiger partial charge on any atom is -0.460 e. The van der Waals surface area contributed by atoms with E-state index in [1.807, 2.05) is 0 Å². The molecule has 1 aromatic rings. The molecule has 0 aromatic carbocycles. The minimum atomic E-state index is -1.52. The number of furan rings is 1. The number of ether oxygens (including phenoxy) is 3. The Kier molecular flexibility index (Phi) is 6.10. The van der Waals surface area contributed by atoms with Crippen molar-refractivity contribution in [1.82, 2.24) is 0 Å². The molecule has 2 rings (SSSR count). The lowest BCUT2D eigenvalue weighted by molar-refractivity contribution is -0.304. The van der Waals surface area contributed by atoms with Crippen LogP contribution in [-0.2, 0) is 20.8 Å². The SMILES string of the molecule is CCOC(=O)c1ccc(CO[C@H]2O[C@H](CO)[C@@H](O)[C@H](O)[C@H]2O)o1. The highest BCUT2D eigenvalue weighted by atomic mass is 16.7. The molecule has 2 heterocycles. The van der Waals surface area contributed by atoms with Crippen LogP contribution in [0, 0.1) is 0 Å². The summed E-state index contributed by atoms with van der Waals surface area (Å²) in [6.07, 6.45) is -6.77. The summed E-state index contributed by atoms with van der Waals surface area (Å²) < 4.78 is 20.5. The number of aliphatic hydroxyl groups is 4. The van der Waals surface area contributed by atoms with Crippen molar-refractivity contribution < 1.29 is 43.8 Å². The molecule has 9 nitrogen and oxygen atoms in total. The van der Waals surface area contributed by atoms with Crippen molar-refractivity contribution in [2.75, 3.05) is 13.2 Å². The summed E-state index contributed by atoms with van der Waals surface area (Å²) in [5, 5.41) is 38.2. The summed E-state index contributed by atoms with van der Waals surface area (Å²) in [7, 11) is 0. The first kappa shape index (κ1) is 17.9. The Bertz CT molecular complexity index is 512. The van der Waals surface area contributed by atoms with E-state index in [0.29, 0.717) is 0 Å². The standard InChI is InChI=1S/C14H20O9/c1-2-20-13(19)8-4-3-7(22-8)6-21-14-12(18)11(17)10(16)9(5-15)23-14/h3-4,9-12,14-18H,2,5-6H2,1H3/t9-,10-,11+,12-,14+/m1/s1. The zero-order valence-electron chi connectivity index (χ0n) is 12.5. The molecule has 0 amide bonds. The van der Waals surface area contributed by atoms with Gasteiger partial charge in [0.25, 0.3) is 0 Å². The maximum atomic E-state index is 11.5. The Morgan fingerprint density at radius 3 is 2.61 bits per heavy atom. The average Bonchev–Trinajstić information content (AvgIpc) is 3.01. The van der Waals surface area contributed by atoms with Gasteiger partial charge in [-0.15, -0.1) is 0 Å². The fourth-order valence-electron chi connectivity index (χ4n) is 2.14. The molecule has 0 radical (unpaired) electrons. The van der Waals surface area contributed by atoms with E-state index in [0.717, 1.165) is 0 Å². The molecule has 0 spiro atoms. The highest BCUT2D eigenvalue weighted by molar-refractivity contribution is 5.86. The fraction of sp³-hybridized carbons (Fsp3) is 0.643. The third kappa shape index (κ3) is 4.08. The van der Waals surface area contributed by atoms with Crippen LogP contribution in [0.3, 0.4) is 0 Å². The lowest BCUT2D eigenvalue weighted by Gasteiger charge is -2.39. The highest BCUT2D eigenvalue weighted by Crippen LogP contribution is 2.23. The van der Waals surface area contributed by atoms with Gasteiger partial charge in [0.15, 0.2) is 6.29 Å². The molecule has 1 fully saturated rings. The predicted molar refractivity (Wildman–Crippen MR) is 73.2 cm³/mol. The van der Waals surface area contributed by atoms with E-state index in [-0.39, 0.29) is 24.7 Å². The minimum absolute atomic E-state index is 0.0132. The van der Waals surface area contributed by atoms with E-state index in [4.69, 9.17) is 23.7 Å². The van der Waals surface area contributed by atoms with Gasteiger partial charge in [0.05, 0.1) is 13.2 Å². The van der Waals surface area contributed by atoms with Gasteiger partial charge in [-0.3, -0.25) is 0 Å². The van der Waals surface area contributed by atoms with Crippen molar-refractivity contribution >= 4 is 5.97 Å². The van der Waals surface area contributed by atoms with Crippen molar-refractivity contribution in [3.8, 4) is 0 Å². The second kappa shape index (κ2) is 7.86. The van der Waals surface area contributed by atoms with Crippen LogP contribution in [0.1, 0.15) is 23.2 Å². The van der Waals surface area contributed by atoms with E-state index >= 15 is 0 Å². The van der Waals surface area contributed by atoms with E-state index in [9.17, 15) is 20.1 Å². The van der Waals surface area contributed by atoms with Gasteiger partial charge in [0.2, 0.25) is 5.76 Å². The van der Waals surface area contributed by atoms with Crippen molar-refractivity contribution in [2.24, 2.45) is 0 Å². The van der Waals surface area contributed by atoms with Gasteiger partial charge in [-0.2, -0.15) is 0 Å². The normalized spacial score (nSPS) is 31.1. The topological polar surface area (TPSA) is 139 Å². The Labute approximate surface area is 132 Å². The number of carbonyl (C=O) groups excluding carboxylic acids is 1. The van der Waals surface area contributed by atoms with Crippen LogP contribution in [0.4, 0.5) is 0 Å². The summed E-state index contributed by atoms with van der Waals surface area (Å²) in [5.74, 6) is -0.309. The molecular weight excluding hydrogens is 312 g/mol. The van der Waals surface area contributed by atoms with Gasteiger partial charge in [-0.25, -0.2) is 4.79 Å². The molecule has 130 valence electrons. The van der Waals surface area contributed by atoms with Crippen LogP contribution in [0.5, 0.6) is 0 Å². The number of aliphatic hydroxyl groups excluding tert-OH is 4. The first-order valence-corrected chi connectivity index (χ1v) is 7.15. The lowest BCUT2D eigenvalue weighted by atomic mass is 9.99. The number of carbonyl (C=O) groups is 1. The number of esters is 1. The molecule has 0 saturated carbocycles. The number of hydrogen-bond donors (Lipinski definition) is 4. The molecule has 1 saturated heterocycles. The van der Waals surface area contributed by atoms with Crippen molar-refractivity contribution in [3.05, 3.63) is 23.7 Å². The maximum absolute atomic E-state index is 11.5. The first-order valence-electron chi connectivity index (χ1n) is 7.15. The summed E-state index contributed by atoms with van der Waals surface area (Å²) in [5.41, 5.74) is 0. The summed E-state index contributed by atoms with van der Waals surface area (Å²) in [6, 6.07) is 2.92. The molecule has 0 aliphatic carbocycles. The van der Waals surface area contributed by atoms with E-state index in [1.165, 1.54) is 12.1 Å². The van der Waals surface area contributed by atoms with Crippen molar-refractivity contribution in [2.45, 2.75) is 44.2 Å². The van der Waals surface area contributed by atoms with Crippen LogP contribution in [0.15, 0.2) is 16.5 Å². The van der Waals surface area contributed by atoms with Crippen LogP contribution in [0.2, 0.25) is 0 Å². The third-order valence-corrected chi connectivity index (χ3v) is 3.38. The number of hydrogen-bond acceptors (Lipinski definition) is 9. The van der Waals surface area contributed by atoms with Gasteiger partial charge < -0.3 is 39.1 Å². The molecule has 4 N–H and O–H groups in total. The molecule has 9 heteroatoms. The second-order valence-corrected chi connectivity index (χ2v) is 4.99. The molecular formula is C14H20O9. The third-order valence-electron chi connectivity index (χ3n) is 3.38.